The molecule has 0 radical (unpaired) electrons. The van der Waals surface area contributed by atoms with Crippen LogP contribution in [0.5, 0.6) is 0 Å². The third-order valence-electron chi connectivity index (χ3n) is 5.81. The SMILES string of the molecule is CC(=NC1CN(C2CCCOC2)C1)C1=C(N)OC[C@@H](F)[C@@H](C)Nc2nc(ncc2Cl)N1. The Labute approximate surface area is 186 Å². The molecular weight excluding hydrogens is 425 g/mol. The summed E-state index contributed by atoms with van der Waals surface area (Å²) in [7, 11) is 0. The second-order valence-electron chi connectivity index (χ2n) is 8.21. The number of anilines is 2. The predicted octanol–water partition coefficient (Wildman–Crippen LogP) is 2.16. The number of halogens is 2. The molecule has 0 amide bonds. The number of rotatable bonds is 3. The van der Waals surface area contributed by atoms with Crippen LogP contribution in [0.15, 0.2) is 22.8 Å². The summed E-state index contributed by atoms with van der Waals surface area (Å²) in [6.07, 6.45) is 2.40. The van der Waals surface area contributed by atoms with Crippen LogP contribution in [0.2, 0.25) is 5.02 Å². The van der Waals surface area contributed by atoms with E-state index in [4.69, 9.17) is 31.8 Å². The molecule has 1 aromatic rings. The van der Waals surface area contributed by atoms with Crippen LogP contribution >= 0.6 is 11.6 Å². The van der Waals surface area contributed by atoms with E-state index < -0.39 is 12.2 Å². The maximum atomic E-state index is 14.5. The van der Waals surface area contributed by atoms with E-state index in [2.05, 4.69) is 25.5 Å². The summed E-state index contributed by atoms with van der Waals surface area (Å²) in [5.74, 6) is 0.658. The fourth-order valence-corrected chi connectivity index (χ4v) is 4.03. The lowest BCUT2D eigenvalue weighted by molar-refractivity contribution is -0.0129. The van der Waals surface area contributed by atoms with Crippen molar-refractivity contribution in [3.8, 4) is 0 Å². The van der Waals surface area contributed by atoms with Gasteiger partial charge in [-0.15, -0.1) is 0 Å². The highest BCUT2D eigenvalue weighted by molar-refractivity contribution is 6.32. The molecule has 3 atom stereocenters. The van der Waals surface area contributed by atoms with E-state index in [0.29, 0.717) is 28.3 Å². The molecule has 1 unspecified atom stereocenters. The second kappa shape index (κ2) is 9.54. The summed E-state index contributed by atoms with van der Waals surface area (Å²) in [6.45, 7) is 6.70. The van der Waals surface area contributed by atoms with Crippen molar-refractivity contribution in [2.45, 2.75) is 51.0 Å². The maximum Gasteiger partial charge on any atom is 0.229 e. The van der Waals surface area contributed by atoms with Crippen molar-refractivity contribution < 1.29 is 13.9 Å². The average Bonchev–Trinajstić information content (AvgIpc) is 2.75. The van der Waals surface area contributed by atoms with Gasteiger partial charge in [0.05, 0.1) is 30.6 Å². The monoisotopic (exact) mass is 453 g/mol. The molecule has 31 heavy (non-hydrogen) atoms. The van der Waals surface area contributed by atoms with Gasteiger partial charge >= 0.3 is 0 Å². The standard InChI is InChI=1S/C20H29ClFN7O2/c1-11-16(22)10-31-18(23)17(27-20-24-6-15(21)19(26-11)28-20)12(2)25-13-7-29(8-13)14-4-3-5-30-9-14/h6,11,13-14,16H,3-5,7-10,23H2,1-2H3,(H2,24,26,27,28)/t11-,14?,16-/m1/s1. The highest BCUT2D eigenvalue weighted by Gasteiger charge is 2.33. The number of likely N-dealkylation sites (tertiary alicyclic amines) is 1. The number of ether oxygens (including phenoxy) is 2. The Morgan fingerprint density at radius 3 is 2.94 bits per heavy atom. The largest absolute Gasteiger partial charge is 0.475 e. The van der Waals surface area contributed by atoms with Crippen molar-refractivity contribution in [3.05, 3.63) is 22.8 Å². The van der Waals surface area contributed by atoms with Crippen molar-refractivity contribution in [3.63, 3.8) is 0 Å². The number of hydrogen-bond acceptors (Lipinski definition) is 9. The van der Waals surface area contributed by atoms with E-state index in [0.717, 1.165) is 39.1 Å². The molecule has 3 aliphatic rings. The maximum absolute atomic E-state index is 14.5. The van der Waals surface area contributed by atoms with Gasteiger partial charge in [0.2, 0.25) is 11.8 Å². The molecule has 1 aromatic heterocycles. The molecular formula is C20H29ClFN7O2. The van der Waals surface area contributed by atoms with Crippen LogP contribution in [-0.2, 0) is 9.47 Å². The molecule has 0 aliphatic carbocycles. The summed E-state index contributed by atoms with van der Waals surface area (Å²) in [5, 5.41) is 6.33. The van der Waals surface area contributed by atoms with E-state index in [-0.39, 0.29) is 24.5 Å². The molecule has 4 rings (SSSR count). The van der Waals surface area contributed by atoms with Crippen LogP contribution < -0.4 is 16.4 Å². The van der Waals surface area contributed by atoms with Crippen LogP contribution in [0.3, 0.4) is 0 Å². The first-order valence-corrected chi connectivity index (χ1v) is 11.0. The van der Waals surface area contributed by atoms with E-state index in [1.807, 2.05) is 6.92 Å². The van der Waals surface area contributed by atoms with Crippen LogP contribution in [0.25, 0.3) is 0 Å². The Morgan fingerprint density at radius 2 is 2.19 bits per heavy atom. The molecule has 9 nitrogen and oxygen atoms in total. The molecule has 2 bridgehead atoms. The van der Waals surface area contributed by atoms with Crippen molar-refractivity contribution in [1.29, 1.82) is 0 Å². The number of allylic oxidation sites excluding steroid dienone is 1. The molecule has 170 valence electrons. The normalized spacial score (nSPS) is 28.6. The Balaban J connectivity index is 1.51. The molecule has 0 spiro atoms. The second-order valence-corrected chi connectivity index (χ2v) is 8.61. The summed E-state index contributed by atoms with van der Waals surface area (Å²) >= 11 is 6.16. The van der Waals surface area contributed by atoms with Gasteiger partial charge in [0.1, 0.15) is 17.3 Å². The zero-order valence-electron chi connectivity index (χ0n) is 17.8. The highest BCUT2D eigenvalue weighted by atomic mass is 35.5. The summed E-state index contributed by atoms with van der Waals surface area (Å²) < 4.78 is 25.6. The van der Waals surface area contributed by atoms with Gasteiger partial charge in [-0.05, 0) is 26.7 Å². The minimum absolute atomic E-state index is 0.0509. The number of nitrogens with zero attached hydrogens (tertiary/aromatic N) is 4. The van der Waals surface area contributed by atoms with Crippen LogP contribution in [0, 0.1) is 0 Å². The Bertz CT molecular complexity index is 856. The first-order chi connectivity index (χ1) is 14.9. The van der Waals surface area contributed by atoms with Crippen LogP contribution in [0.1, 0.15) is 26.7 Å². The minimum Gasteiger partial charge on any atom is -0.475 e. The van der Waals surface area contributed by atoms with Crippen molar-refractivity contribution in [2.24, 2.45) is 10.7 Å². The lowest BCUT2D eigenvalue weighted by Crippen LogP contribution is -2.57. The highest BCUT2D eigenvalue weighted by Crippen LogP contribution is 2.25. The van der Waals surface area contributed by atoms with Gasteiger partial charge in [-0.2, -0.15) is 4.98 Å². The predicted molar refractivity (Wildman–Crippen MR) is 118 cm³/mol. The number of nitrogens with one attached hydrogen (secondary N) is 2. The van der Waals surface area contributed by atoms with E-state index in [9.17, 15) is 4.39 Å². The first kappa shape index (κ1) is 22.0. The molecule has 0 saturated carbocycles. The zero-order valence-corrected chi connectivity index (χ0v) is 18.5. The van der Waals surface area contributed by atoms with Gasteiger partial charge in [0.15, 0.2) is 12.0 Å². The third kappa shape index (κ3) is 5.19. The number of nitrogens with two attached hydrogens (primary N) is 1. The number of hydrogen-bond donors (Lipinski definition) is 3. The van der Waals surface area contributed by atoms with Crippen LogP contribution in [-0.4, -0.2) is 77.8 Å². The van der Waals surface area contributed by atoms with Gasteiger partial charge in [0.25, 0.3) is 0 Å². The quantitative estimate of drug-likeness (QED) is 0.597. The lowest BCUT2D eigenvalue weighted by Gasteiger charge is -2.44. The van der Waals surface area contributed by atoms with Crippen LogP contribution in [0.4, 0.5) is 16.2 Å². The topological polar surface area (TPSA) is 110 Å². The van der Waals surface area contributed by atoms with E-state index >= 15 is 0 Å². The summed E-state index contributed by atoms with van der Waals surface area (Å²) in [5.41, 5.74) is 7.24. The molecule has 3 aliphatic heterocycles. The van der Waals surface area contributed by atoms with Gasteiger partial charge < -0.3 is 25.8 Å². The third-order valence-corrected chi connectivity index (χ3v) is 6.09. The van der Waals surface area contributed by atoms with E-state index in [1.165, 1.54) is 6.20 Å². The van der Waals surface area contributed by atoms with Crippen molar-refractivity contribution in [2.75, 3.05) is 43.5 Å². The Hall–Kier alpha value is -2.17. The first-order valence-electron chi connectivity index (χ1n) is 10.6. The molecule has 0 aromatic carbocycles. The molecule has 2 saturated heterocycles. The smallest absolute Gasteiger partial charge is 0.229 e. The van der Waals surface area contributed by atoms with Crippen molar-refractivity contribution >= 4 is 29.1 Å². The Morgan fingerprint density at radius 1 is 1.39 bits per heavy atom. The van der Waals surface area contributed by atoms with Gasteiger partial charge in [-0.25, -0.2) is 9.37 Å². The fraction of sp³-hybridized carbons (Fsp3) is 0.650. The van der Waals surface area contributed by atoms with Gasteiger partial charge in [-0.1, -0.05) is 11.6 Å². The number of aliphatic imine (C=N–C) groups is 1. The zero-order chi connectivity index (χ0) is 22.0. The minimum atomic E-state index is -1.32. The number of fused-ring (bicyclic) bond motifs is 2. The summed E-state index contributed by atoms with van der Waals surface area (Å²) in [4.78, 5) is 15.8. The summed E-state index contributed by atoms with van der Waals surface area (Å²) in [6, 6.07) is 0.0501. The van der Waals surface area contributed by atoms with E-state index in [1.54, 1.807) is 6.92 Å². The molecule has 4 N–H and O–H groups in total. The molecule has 4 heterocycles. The molecule has 11 heteroatoms. The molecule has 2 fully saturated rings. The Kier molecular flexibility index (Phi) is 6.78. The van der Waals surface area contributed by atoms with Crippen molar-refractivity contribution in [1.82, 2.24) is 14.9 Å². The number of alkyl halides is 1. The lowest BCUT2D eigenvalue weighted by atomic mass is 10.0. The van der Waals surface area contributed by atoms with Gasteiger partial charge in [0, 0.05) is 25.7 Å². The number of aromatic nitrogens is 2. The van der Waals surface area contributed by atoms with Gasteiger partial charge in [-0.3, -0.25) is 9.89 Å². The fourth-order valence-electron chi connectivity index (χ4n) is 3.88. The average molecular weight is 454 g/mol.